The number of rotatable bonds is 7. The summed E-state index contributed by atoms with van der Waals surface area (Å²) in [4.78, 5) is 46.4. The molecule has 0 bridgehead atoms. The fraction of sp³-hybridized carbons (Fsp3) is 0.679. The molecule has 2 rings (SSSR count). The molecule has 0 saturated heterocycles. The number of aromatic nitrogens is 2. The number of carbonyl (C=O) groups is 3. The number of nitrogens with zero attached hydrogens (tertiary/aromatic N) is 2. The highest BCUT2D eigenvalue weighted by molar-refractivity contribution is 6.31. The SMILES string of the molecule is C#Cc1c(Cl)nc(NC)nc1N[C@@H]1C[C@H](COC(=O)OC(C)(C)C)[C@@H](OC(=O)OC(C)(C)C)[C@H]1OC(=O)OC(C)(C)C. The lowest BCUT2D eigenvalue weighted by Crippen LogP contribution is -2.44. The summed E-state index contributed by atoms with van der Waals surface area (Å²) in [7, 11) is 1.60. The molecule has 14 heteroatoms. The Balaban J connectivity index is 2.50. The van der Waals surface area contributed by atoms with Crippen LogP contribution in [0.25, 0.3) is 0 Å². The van der Waals surface area contributed by atoms with Gasteiger partial charge in [0.15, 0.2) is 17.4 Å². The number of hydrogen-bond acceptors (Lipinski definition) is 13. The highest BCUT2D eigenvalue weighted by Gasteiger charge is 2.50. The normalized spacial score (nSPS) is 20.5. The quantitative estimate of drug-likeness (QED) is 0.171. The van der Waals surface area contributed by atoms with Crippen molar-refractivity contribution in [3.05, 3.63) is 10.7 Å². The van der Waals surface area contributed by atoms with Crippen molar-refractivity contribution < 1.29 is 42.8 Å². The van der Waals surface area contributed by atoms with Gasteiger partial charge >= 0.3 is 18.5 Å². The molecule has 0 unspecified atom stereocenters. The third kappa shape index (κ3) is 11.0. The Morgan fingerprint density at radius 1 is 0.881 bits per heavy atom. The van der Waals surface area contributed by atoms with Crippen LogP contribution in [-0.2, 0) is 28.4 Å². The van der Waals surface area contributed by atoms with Crippen LogP contribution in [0, 0.1) is 18.3 Å². The summed E-state index contributed by atoms with van der Waals surface area (Å²) in [6, 6.07) is -0.778. The van der Waals surface area contributed by atoms with Crippen LogP contribution in [0.1, 0.15) is 74.3 Å². The van der Waals surface area contributed by atoms with Gasteiger partial charge in [0.2, 0.25) is 5.95 Å². The van der Waals surface area contributed by atoms with Crippen molar-refractivity contribution in [2.75, 3.05) is 24.3 Å². The van der Waals surface area contributed by atoms with Gasteiger partial charge in [0.1, 0.15) is 34.8 Å². The molecule has 4 atom stereocenters. The van der Waals surface area contributed by atoms with Crippen molar-refractivity contribution >= 4 is 41.8 Å². The summed E-state index contributed by atoms with van der Waals surface area (Å²) in [5.74, 6) is 2.10. The number of halogens is 1. The molecule has 0 radical (unpaired) electrons. The molecule has 42 heavy (non-hydrogen) atoms. The Bertz CT molecular complexity index is 1180. The smallest absolute Gasteiger partial charge is 0.434 e. The highest BCUT2D eigenvalue weighted by Crippen LogP contribution is 2.36. The Hall–Kier alpha value is -3.66. The summed E-state index contributed by atoms with van der Waals surface area (Å²) in [6.07, 6.45) is 0.563. The average Bonchev–Trinajstić information content (AvgIpc) is 3.09. The number of ether oxygens (including phenoxy) is 6. The van der Waals surface area contributed by atoms with Gasteiger partial charge in [-0.05, 0) is 68.7 Å². The molecule has 1 aliphatic carbocycles. The monoisotopic (exact) mass is 612 g/mol. The second-order valence-electron chi connectivity index (χ2n) is 12.6. The fourth-order valence-corrected chi connectivity index (χ4v) is 4.11. The highest BCUT2D eigenvalue weighted by atomic mass is 35.5. The lowest BCUT2D eigenvalue weighted by atomic mass is 10.1. The van der Waals surface area contributed by atoms with Crippen molar-refractivity contribution in [2.24, 2.45) is 5.92 Å². The largest absolute Gasteiger partial charge is 0.509 e. The summed E-state index contributed by atoms with van der Waals surface area (Å²) >= 11 is 6.28. The molecule has 1 fully saturated rings. The molecule has 234 valence electrons. The molecule has 1 heterocycles. The van der Waals surface area contributed by atoms with E-state index in [1.165, 1.54) is 0 Å². The van der Waals surface area contributed by atoms with Crippen molar-refractivity contribution in [1.29, 1.82) is 0 Å². The van der Waals surface area contributed by atoms with Gasteiger partial charge in [-0.15, -0.1) is 6.42 Å². The second-order valence-corrected chi connectivity index (χ2v) is 12.9. The number of nitrogens with one attached hydrogen (secondary N) is 2. The Morgan fingerprint density at radius 2 is 1.38 bits per heavy atom. The molecule has 0 aromatic carbocycles. The first kappa shape index (κ1) is 34.5. The Kier molecular flexibility index (Phi) is 11.1. The maximum Gasteiger partial charge on any atom is 0.509 e. The molecule has 0 spiro atoms. The van der Waals surface area contributed by atoms with Crippen molar-refractivity contribution in [2.45, 2.75) is 104 Å². The molecule has 13 nitrogen and oxygen atoms in total. The Morgan fingerprint density at radius 3 is 1.86 bits per heavy atom. The first-order chi connectivity index (χ1) is 19.2. The molecule has 1 aromatic rings. The predicted molar refractivity (Wildman–Crippen MR) is 154 cm³/mol. The molecule has 1 aliphatic rings. The molecule has 0 aliphatic heterocycles. The fourth-order valence-electron chi connectivity index (χ4n) is 3.89. The summed E-state index contributed by atoms with van der Waals surface area (Å²) < 4.78 is 32.7. The standard InChI is InChI=1S/C28H41ClN4O9/c1-12-16-20(29)32-22(30-11)33-21(16)31-17-13-15(14-37-23(34)40-26(2,3)4)18(38-24(35)41-27(5,6)7)19(17)39-25(36)42-28(8,9)10/h1,15,17-19H,13-14H2,2-11H3,(H2,30,31,32,33)/t15-,17-,18-,19+/m1/s1. The van der Waals surface area contributed by atoms with Crippen LogP contribution in [0.15, 0.2) is 0 Å². The first-order valence-corrected chi connectivity index (χ1v) is 13.7. The number of carbonyl (C=O) groups excluding carboxylic acids is 3. The van der Waals surface area contributed by atoms with Gasteiger partial charge in [0, 0.05) is 13.0 Å². The van der Waals surface area contributed by atoms with Crippen LogP contribution >= 0.6 is 11.6 Å². The van der Waals surface area contributed by atoms with E-state index in [1.807, 2.05) is 0 Å². The van der Waals surface area contributed by atoms with E-state index >= 15 is 0 Å². The Labute approximate surface area is 251 Å². The van der Waals surface area contributed by atoms with Crippen LogP contribution in [0.4, 0.5) is 26.1 Å². The van der Waals surface area contributed by atoms with Crippen LogP contribution in [0.3, 0.4) is 0 Å². The van der Waals surface area contributed by atoms with Gasteiger partial charge in [-0.3, -0.25) is 0 Å². The van der Waals surface area contributed by atoms with E-state index in [2.05, 4.69) is 26.5 Å². The minimum Gasteiger partial charge on any atom is -0.434 e. The zero-order valence-corrected chi connectivity index (χ0v) is 26.5. The van der Waals surface area contributed by atoms with E-state index in [1.54, 1.807) is 69.4 Å². The zero-order valence-electron chi connectivity index (χ0n) is 25.7. The van der Waals surface area contributed by atoms with Gasteiger partial charge in [0.05, 0.1) is 6.04 Å². The van der Waals surface area contributed by atoms with E-state index < -0.39 is 59.4 Å². The van der Waals surface area contributed by atoms with Crippen LogP contribution in [0.2, 0.25) is 5.15 Å². The molecule has 2 N–H and O–H groups in total. The van der Waals surface area contributed by atoms with Crippen LogP contribution in [0.5, 0.6) is 0 Å². The average molecular weight is 613 g/mol. The molecule has 1 aromatic heterocycles. The van der Waals surface area contributed by atoms with Crippen molar-refractivity contribution in [3.63, 3.8) is 0 Å². The molecular weight excluding hydrogens is 572 g/mol. The van der Waals surface area contributed by atoms with E-state index in [0.717, 1.165) is 0 Å². The molecule has 1 saturated carbocycles. The van der Waals surface area contributed by atoms with E-state index in [9.17, 15) is 14.4 Å². The second kappa shape index (κ2) is 13.5. The lowest BCUT2D eigenvalue weighted by molar-refractivity contribution is -0.0907. The van der Waals surface area contributed by atoms with E-state index in [-0.39, 0.29) is 35.5 Å². The first-order valence-electron chi connectivity index (χ1n) is 13.3. The summed E-state index contributed by atoms with van der Waals surface area (Å²) in [6.45, 7) is 14.9. The van der Waals surface area contributed by atoms with Crippen molar-refractivity contribution in [3.8, 4) is 12.3 Å². The molecular formula is C28H41ClN4O9. The van der Waals surface area contributed by atoms with Crippen molar-refractivity contribution in [1.82, 2.24) is 9.97 Å². The van der Waals surface area contributed by atoms with Crippen LogP contribution < -0.4 is 10.6 Å². The van der Waals surface area contributed by atoms with Gasteiger partial charge in [0.25, 0.3) is 0 Å². The third-order valence-corrected chi connectivity index (χ3v) is 5.62. The minimum absolute atomic E-state index is 0.00771. The lowest BCUT2D eigenvalue weighted by Gasteiger charge is -2.29. The summed E-state index contributed by atoms with van der Waals surface area (Å²) in [5, 5.41) is 5.95. The number of hydrogen-bond donors (Lipinski definition) is 2. The van der Waals surface area contributed by atoms with Crippen LogP contribution in [-0.4, -0.2) is 77.1 Å². The van der Waals surface area contributed by atoms with E-state index in [4.69, 9.17) is 46.4 Å². The minimum atomic E-state index is -1.17. The maximum atomic E-state index is 12.8. The predicted octanol–water partition coefficient (Wildman–Crippen LogP) is 5.55. The summed E-state index contributed by atoms with van der Waals surface area (Å²) in [5.41, 5.74) is -2.39. The molecule has 0 amide bonds. The van der Waals surface area contributed by atoms with Gasteiger partial charge < -0.3 is 39.1 Å². The third-order valence-electron chi connectivity index (χ3n) is 5.35. The maximum absolute atomic E-state index is 12.8. The number of anilines is 2. The number of terminal acetylenes is 1. The van der Waals surface area contributed by atoms with Gasteiger partial charge in [-0.1, -0.05) is 17.5 Å². The van der Waals surface area contributed by atoms with Gasteiger partial charge in [-0.2, -0.15) is 9.97 Å². The zero-order chi connectivity index (χ0) is 32.0. The topological polar surface area (TPSA) is 156 Å². The van der Waals surface area contributed by atoms with E-state index in [0.29, 0.717) is 0 Å². The van der Waals surface area contributed by atoms with Gasteiger partial charge in [-0.25, -0.2) is 14.4 Å².